The van der Waals surface area contributed by atoms with E-state index in [4.69, 9.17) is 9.52 Å². The first kappa shape index (κ1) is 12.1. The van der Waals surface area contributed by atoms with Crippen molar-refractivity contribution >= 4 is 5.97 Å². The topological polar surface area (TPSA) is 63.3 Å². The average Bonchev–Trinajstić information content (AvgIpc) is 2.54. The first-order chi connectivity index (χ1) is 7.85. The van der Waals surface area contributed by atoms with Crippen LogP contribution in [0.1, 0.15) is 44.5 Å². The molecule has 4 heteroatoms. The second kappa shape index (κ2) is 4.17. The van der Waals surface area contributed by atoms with Crippen molar-refractivity contribution in [1.82, 2.24) is 4.98 Å². The summed E-state index contributed by atoms with van der Waals surface area (Å²) in [7, 11) is 0. The highest BCUT2D eigenvalue weighted by Gasteiger charge is 2.29. The third-order valence-electron chi connectivity index (χ3n) is 3.01. The first-order valence-corrected chi connectivity index (χ1v) is 6.05. The fraction of sp³-hybridized carbons (Fsp3) is 0.692. The molecule has 1 atom stereocenters. The van der Waals surface area contributed by atoms with Gasteiger partial charge in [-0.05, 0) is 11.8 Å². The number of oxazole rings is 1. The van der Waals surface area contributed by atoms with Gasteiger partial charge in [-0.15, -0.1) is 0 Å². The first-order valence-electron chi connectivity index (χ1n) is 6.05. The molecule has 0 bridgehead atoms. The summed E-state index contributed by atoms with van der Waals surface area (Å²) >= 11 is 0. The van der Waals surface area contributed by atoms with Gasteiger partial charge in [0, 0.05) is 19.3 Å². The molecule has 0 radical (unpaired) electrons. The molecular weight excluding hydrogens is 218 g/mol. The molecule has 0 amide bonds. The highest BCUT2D eigenvalue weighted by Crippen LogP contribution is 2.28. The third kappa shape index (κ3) is 2.87. The van der Waals surface area contributed by atoms with Crippen molar-refractivity contribution in [3.63, 3.8) is 0 Å². The summed E-state index contributed by atoms with van der Waals surface area (Å²) in [4.78, 5) is 15.4. The highest BCUT2D eigenvalue weighted by atomic mass is 16.4. The van der Waals surface area contributed by atoms with Gasteiger partial charge in [0.25, 0.3) is 0 Å². The van der Waals surface area contributed by atoms with Gasteiger partial charge in [-0.3, -0.25) is 4.79 Å². The van der Waals surface area contributed by atoms with E-state index in [1.165, 1.54) is 0 Å². The van der Waals surface area contributed by atoms with Gasteiger partial charge < -0.3 is 9.52 Å². The lowest BCUT2D eigenvalue weighted by Gasteiger charge is -2.15. The Balaban J connectivity index is 2.15. The molecule has 0 spiro atoms. The summed E-state index contributed by atoms with van der Waals surface area (Å²) in [5, 5.41) is 9.00. The van der Waals surface area contributed by atoms with Gasteiger partial charge in [-0.2, -0.15) is 0 Å². The van der Waals surface area contributed by atoms with Crippen LogP contribution in [-0.4, -0.2) is 16.1 Å². The number of fused-ring (bicyclic) bond motifs is 1. The zero-order valence-corrected chi connectivity index (χ0v) is 10.6. The molecule has 4 nitrogen and oxygen atoms in total. The Morgan fingerprint density at radius 1 is 1.53 bits per heavy atom. The van der Waals surface area contributed by atoms with Crippen LogP contribution in [0.3, 0.4) is 0 Å². The van der Waals surface area contributed by atoms with Crippen molar-refractivity contribution in [3.8, 4) is 0 Å². The van der Waals surface area contributed by atoms with Crippen molar-refractivity contribution in [2.75, 3.05) is 0 Å². The van der Waals surface area contributed by atoms with Gasteiger partial charge in [0.2, 0.25) is 0 Å². The van der Waals surface area contributed by atoms with E-state index in [1.54, 1.807) is 0 Å². The van der Waals surface area contributed by atoms with Crippen LogP contribution >= 0.6 is 0 Å². The van der Waals surface area contributed by atoms with Crippen LogP contribution in [0.4, 0.5) is 0 Å². The Morgan fingerprint density at radius 2 is 2.24 bits per heavy atom. The summed E-state index contributed by atoms with van der Waals surface area (Å²) < 4.78 is 5.71. The Kier molecular flexibility index (Phi) is 2.98. The number of aryl methyl sites for hydroxylation is 1. The van der Waals surface area contributed by atoms with Crippen molar-refractivity contribution in [1.29, 1.82) is 0 Å². The predicted octanol–water partition coefficient (Wildman–Crippen LogP) is 2.45. The van der Waals surface area contributed by atoms with Crippen LogP contribution in [0.5, 0.6) is 0 Å². The molecule has 17 heavy (non-hydrogen) atoms. The Hall–Kier alpha value is -1.32. The van der Waals surface area contributed by atoms with Crippen molar-refractivity contribution < 1.29 is 14.3 Å². The van der Waals surface area contributed by atoms with E-state index in [9.17, 15) is 4.79 Å². The SMILES string of the molecule is CC(C)(C)Cc1nc2c(o1)CCC(C(=O)O)C2. The zero-order chi connectivity index (χ0) is 12.6. The molecule has 1 aliphatic carbocycles. The predicted molar refractivity (Wildman–Crippen MR) is 62.8 cm³/mol. The number of hydrogen-bond donors (Lipinski definition) is 1. The summed E-state index contributed by atoms with van der Waals surface area (Å²) in [5.74, 6) is 0.612. The molecule has 0 saturated heterocycles. The molecule has 2 rings (SSSR count). The van der Waals surface area contributed by atoms with Gasteiger partial charge >= 0.3 is 5.97 Å². The van der Waals surface area contributed by atoms with E-state index in [0.29, 0.717) is 19.3 Å². The Morgan fingerprint density at radius 3 is 2.82 bits per heavy atom. The summed E-state index contributed by atoms with van der Waals surface area (Å²) in [6.45, 7) is 6.41. The third-order valence-corrected chi connectivity index (χ3v) is 3.01. The largest absolute Gasteiger partial charge is 0.481 e. The number of carboxylic acid groups (broad SMARTS) is 1. The summed E-state index contributed by atoms with van der Waals surface area (Å²) in [6.07, 6.45) is 2.66. The quantitative estimate of drug-likeness (QED) is 0.858. The van der Waals surface area contributed by atoms with Crippen molar-refractivity contribution in [2.24, 2.45) is 11.3 Å². The molecule has 1 heterocycles. The number of carboxylic acids is 1. The van der Waals surface area contributed by atoms with E-state index >= 15 is 0 Å². The maximum atomic E-state index is 10.9. The van der Waals surface area contributed by atoms with Crippen LogP contribution < -0.4 is 0 Å². The van der Waals surface area contributed by atoms with Gasteiger partial charge in [0.1, 0.15) is 5.76 Å². The molecule has 94 valence electrons. The summed E-state index contributed by atoms with van der Waals surface area (Å²) in [6, 6.07) is 0. The maximum absolute atomic E-state index is 10.9. The Labute approximate surface area is 101 Å². The molecule has 0 aromatic carbocycles. The molecule has 0 fully saturated rings. The van der Waals surface area contributed by atoms with E-state index in [0.717, 1.165) is 23.8 Å². The highest BCUT2D eigenvalue weighted by molar-refractivity contribution is 5.70. The van der Waals surface area contributed by atoms with Gasteiger partial charge in [0.15, 0.2) is 5.89 Å². The van der Waals surface area contributed by atoms with Crippen LogP contribution in [-0.2, 0) is 24.1 Å². The van der Waals surface area contributed by atoms with E-state index in [1.807, 2.05) is 0 Å². The lowest BCUT2D eigenvalue weighted by atomic mass is 9.90. The zero-order valence-electron chi connectivity index (χ0n) is 10.6. The molecule has 1 unspecified atom stereocenters. The monoisotopic (exact) mass is 237 g/mol. The van der Waals surface area contributed by atoms with E-state index < -0.39 is 5.97 Å². The smallest absolute Gasteiger partial charge is 0.306 e. The minimum Gasteiger partial charge on any atom is -0.481 e. The lowest BCUT2D eigenvalue weighted by Crippen LogP contribution is -2.21. The fourth-order valence-electron chi connectivity index (χ4n) is 2.17. The molecular formula is C13H19NO3. The molecule has 1 aromatic rings. The minimum absolute atomic E-state index is 0.139. The standard InChI is InChI=1S/C13H19NO3/c1-13(2,3)7-11-14-9-6-8(12(15)16)4-5-10(9)17-11/h8H,4-7H2,1-3H3,(H,15,16). The average molecular weight is 237 g/mol. The van der Waals surface area contributed by atoms with Gasteiger partial charge in [0.05, 0.1) is 11.6 Å². The number of nitrogens with zero attached hydrogens (tertiary/aromatic N) is 1. The molecule has 1 aliphatic rings. The van der Waals surface area contributed by atoms with Crippen LogP contribution in [0.25, 0.3) is 0 Å². The number of hydrogen-bond acceptors (Lipinski definition) is 3. The fourth-order valence-corrected chi connectivity index (χ4v) is 2.17. The lowest BCUT2D eigenvalue weighted by molar-refractivity contribution is -0.142. The van der Waals surface area contributed by atoms with Crippen LogP contribution in [0, 0.1) is 11.3 Å². The second-order valence-corrected chi connectivity index (χ2v) is 5.99. The second-order valence-electron chi connectivity index (χ2n) is 5.99. The van der Waals surface area contributed by atoms with Crippen LogP contribution in [0.2, 0.25) is 0 Å². The number of rotatable bonds is 2. The minimum atomic E-state index is -0.726. The molecule has 1 N–H and O–H groups in total. The normalized spacial score (nSPS) is 20.1. The molecule has 0 aliphatic heterocycles. The summed E-state index contributed by atoms with van der Waals surface area (Å²) in [5.41, 5.74) is 0.988. The Bertz CT molecular complexity index is 428. The van der Waals surface area contributed by atoms with Crippen molar-refractivity contribution in [3.05, 3.63) is 17.3 Å². The number of aromatic nitrogens is 1. The molecule has 0 saturated carbocycles. The van der Waals surface area contributed by atoms with Crippen molar-refractivity contribution in [2.45, 2.75) is 46.5 Å². The van der Waals surface area contributed by atoms with Crippen LogP contribution in [0.15, 0.2) is 4.42 Å². The van der Waals surface area contributed by atoms with E-state index in [-0.39, 0.29) is 11.3 Å². The maximum Gasteiger partial charge on any atom is 0.306 e. The molecule has 1 aromatic heterocycles. The van der Waals surface area contributed by atoms with Gasteiger partial charge in [-0.25, -0.2) is 4.98 Å². The number of carbonyl (C=O) groups is 1. The number of aliphatic carboxylic acids is 1. The van der Waals surface area contributed by atoms with E-state index in [2.05, 4.69) is 25.8 Å². The van der Waals surface area contributed by atoms with Gasteiger partial charge in [-0.1, -0.05) is 20.8 Å².